The van der Waals surface area contributed by atoms with E-state index in [9.17, 15) is 9.59 Å². The van der Waals surface area contributed by atoms with Crippen molar-refractivity contribution >= 4 is 28.2 Å². The molecule has 3 N–H and O–H groups in total. The van der Waals surface area contributed by atoms with Gasteiger partial charge in [-0.15, -0.1) is 11.3 Å². The summed E-state index contributed by atoms with van der Waals surface area (Å²) in [6.45, 7) is 5.04. The van der Waals surface area contributed by atoms with Crippen molar-refractivity contribution in [3.8, 4) is 0 Å². The molecule has 1 aliphatic rings. The van der Waals surface area contributed by atoms with Gasteiger partial charge in [-0.2, -0.15) is 0 Å². The van der Waals surface area contributed by atoms with Gasteiger partial charge >= 0.3 is 0 Å². The maximum Gasteiger partial charge on any atom is 0.280 e. The lowest BCUT2D eigenvalue weighted by Gasteiger charge is -2.17. The molecule has 0 fully saturated rings. The first-order valence-electron chi connectivity index (χ1n) is 10.7. The molecule has 0 saturated heterocycles. The summed E-state index contributed by atoms with van der Waals surface area (Å²) in [7, 11) is 1.61. The van der Waals surface area contributed by atoms with E-state index in [1.54, 1.807) is 18.4 Å². The molecule has 3 rings (SSSR count). The van der Waals surface area contributed by atoms with E-state index < -0.39 is 0 Å². The van der Waals surface area contributed by atoms with E-state index in [0.29, 0.717) is 30.3 Å². The summed E-state index contributed by atoms with van der Waals surface area (Å²) in [5.41, 5.74) is 2.98. The van der Waals surface area contributed by atoms with Gasteiger partial charge in [-0.05, 0) is 38.2 Å². The molecular weight excluding hydrogens is 398 g/mol. The molecule has 0 saturated carbocycles. The number of fused-ring (bicyclic) bond motifs is 1. The van der Waals surface area contributed by atoms with Crippen molar-refractivity contribution in [2.75, 3.05) is 38.7 Å². The molecule has 1 atom stereocenters. The number of methoxy groups -OCH3 is 1. The van der Waals surface area contributed by atoms with Crippen LogP contribution in [0.5, 0.6) is 0 Å². The van der Waals surface area contributed by atoms with Crippen molar-refractivity contribution in [3.63, 3.8) is 0 Å². The number of carbonyl (C=O) groups excluding carboxylic acids is 2. The summed E-state index contributed by atoms with van der Waals surface area (Å²) >= 11 is 1.56. The number of carbonyl (C=O) groups is 2. The van der Waals surface area contributed by atoms with Gasteiger partial charge in [0.2, 0.25) is 0 Å². The van der Waals surface area contributed by atoms with E-state index in [-0.39, 0.29) is 11.8 Å². The third-order valence-corrected chi connectivity index (χ3v) is 6.66. The molecule has 162 valence electrons. The van der Waals surface area contributed by atoms with Crippen molar-refractivity contribution in [3.05, 3.63) is 51.9 Å². The summed E-state index contributed by atoms with van der Waals surface area (Å²) in [6.07, 6.45) is 4.10. The molecule has 30 heavy (non-hydrogen) atoms. The van der Waals surface area contributed by atoms with Crippen LogP contribution >= 0.6 is 11.3 Å². The van der Waals surface area contributed by atoms with E-state index in [1.807, 2.05) is 18.2 Å². The maximum absolute atomic E-state index is 12.9. The van der Waals surface area contributed by atoms with Crippen molar-refractivity contribution in [1.29, 1.82) is 0 Å². The van der Waals surface area contributed by atoms with Gasteiger partial charge < -0.3 is 20.3 Å². The van der Waals surface area contributed by atoms with E-state index in [0.717, 1.165) is 44.3 Å². The Hall–Kier alpha value is -2.22. The van der Waals surface area contributed by atoms with Gasteiger partial charge in [-0.3, -0.25) is 9.59 Å². The third kappa shape index (κ3) is 5.90. The topological polar surface area (TPSA) is 71.9 Å². The van der Waals surface area contributed by atoms with Crippen LogP contribution in [-0.4, -0.2) is 45.2 Å². The average Bonchev–Trinajstić information content (AvgIpc) is 3.11. The lowest BCUT2D eigenvalue weighted by molar-refractivity contribution is -0.903. The molecule has 1 aromatic heterocycles. The van der Waals surface area contributed by atoms with E-state index in [4.69, 9.17) is 4.74 Å². The Balaban J connectivity index is 1.70. The number of anilines is 1. The second-order valence-corrected chi connectivity index (χ2v) is 8.76. The minimum Gasteiger partial charge on any atom is -0.383 e. The first kappa shape index (κ1) is 22.5. The molecule has 2 amide bonds. The first-order valence-corrected chi connectivity index (χ1v) is 11.5. The van der Waals surface area contributed by atoms with Crippen LogP contribution in [0.15, 0.2) is 30.3 Å². The highest BCUT2D eigenvalue weighted by molar-refractivity contribution is 7.17. The standard InChI is InChI=1S/C23H31N3O3S/c1-3-26(15-17-9-5-4-6-10-17)16-20(27)25-23-21(22(28)24-13-14-29-2)18-11-7-8-12-19(18)30-23/h4-6,9-10H,3,7-8,11-16H2,1-2H3,(H,24,28)(H,25,27)/p+1. The van der Waals surface area contributed by atoms with Crippen LogP contribution in [0.2, 0.25) is 0 Å². The predicted octanol–water partition coefficient (Wildman–Crippen LogP) is 2.05. The normalized spacial score (nSPS) is 14.1. The van der Waals surface area contributed by atoms with Gasteiger partial charge in [0.05, 0.1) is 18.7 Å². The Labute approximate surface area is 182 Å². The number of hydrogen-bond acceptors (Lipinski definition) is 4. The van der Waals surface area contributed by atoms with Crippen LogP contribution in [0, 0.1) is 0 Å². The van der Waals surface area contributed by atoms with Crippen LogP contribution in [0.4, 0.5) is 5.00 Å². The van der Waals surface area contributed by atoms with E-state index >= 15 is 0 Å². The van der Waals surface area contributed by atoms with Crippen molar-refractivity contribution in [2.45, 2.75) is 39.2 Å². The van der Waals surface area contributed by atoms with Gasteiger partial charge in [0.15, 0.2) is 6.54 Å². The molecule has 1 aromatic carbocycles. The Morgan fingerprint density at radius 1 is 1.17 bits per heavy atom. The third-order valence-electron chi connectivity index (χ3n) is 5.45. The molecule has 7 heteroatoms. The average molecular weight is 431 g/mol. The highest BCUT2D eigenvalue weighted by Gasteiger charge is 2.27. The number of quaternary nitrogens is 1. The number of rotatable bonds is 10. The lowest BCUT2D eigenvalue weighted by atomic mass is 9.95. The van der Waals surface area contributed by atoms with E-state index in [1.165, 1.54) is 15.3 Å². The molecule has 2 aromatic rings. The van der Waals surface area contributed by atoms with Gasteiger partial charge in [0.1, 0.15) is 11.5 Å². The summed E-state index contributed by atoms with van der Waals surface area (Å²) in [5, 5.41) is 6.67. The van der Waals surface area contributed by atoms with Crippen LogP contribution in [0.3, 0.4) is 0 Å². The molecule has 1 heterocycles. The number of nitrogens with one attached hydrogen (secondary N) is 3. The number of ether oxygens (including phenoxy) is 1. The number of aryl methyl sites for hydroxylation is 1. The second kappa shape index (κ2) is 11.2. The first-order chi connectivity index (χ1) is 14.6. The number of amides is 2. The zero-order valence-electron chi connectivity index (χ0n) is 17.9. The lowest BCUT2D eigenvalue weighted by Crippen LogP contribution is -3.11. The SMILES string of the molecule is CC[NH+](CC(=O)Nc1sc2c(c1C(=O)NCCOC)CCCC2)Cc1ccccc1. The Morgan fingerprint density at radius 3 is 2.67 bits per heavy atom. The smallest absolute Gasteiger partial charge is 0.280 e. The molecule has 0 spiro atoms. The molecular formula is C23H32N3O3S+. The number of hydrogen-bond donors (Lipinski definition) is 3. The Kier molecular flexibility index (Phi) is 8.42. The van der Waals surface area contributed by atoms with Crippen LogP contribution < -0.4 is 15.5 Å². The fourth-order valence-electron chi connectivity index (χ4n) is 3.84. The van der Waals surface area contributed by atoms with E-state index in [2.05, 4.69) is 29.7 Å². The Morgan fingerprint density at radius 2 is 1.93 bits per heavy atom. The summed E-state index contributed by atoms with van der Waals surface area (Å²) in [5.74, 6) is -0.168. The van der Waals surface area contributed by atoms with Gasteiger partial charge in [0, 0.05) is 24.1 Å². The maximum atomic E-state index is 12.9. The molecule has 6 nitrogen and oxygen atoms in total. The fraction of sp³-hybridized carbons (Fsp3) is 0.478. The van der Waals surface area contributed by atoms with Gasteiger partial charge in [0.25, 0.3) is 11.8 Å². The molecule has 0 bridgehead atoms. The largest absolute Gasteiger partial charge is 0.383 e. The highest BCUT2D eigenvalue weighted by atomic mass is 32.1. The van der Waals surface area contributed by atoms with Crippen LogP contribution in [-0.2, 0) is 28.9 Å². The molecule has 1 aliphatic carbocycles. The quantitative estimate of drug-likeness (QED) is 0.505. The minimum atomic E-state index is -0.120. The molecule has 0 aliphatic heterocycles. The van der Waals surface area contributed by atoms with Crippen LogP contribution in [0.1, 0.15) is 46.1 Å². The van der Waals surface area contributed by atoms with Crippen LogP contribution in [0.25, 0.3) is 0 Å². The number of thiophene rings is 1. The zero-order valence-corrected chi connectivity index (χ0v) is 18.7. The highest BCUT2D eigenvalue weighted by Crippen LogP contribution is 2.38. The molecule has 0 radical (unpaired) electrons. The molecule has 1 unspecified atom stereocenters. The number of benzene rings is 1. The van der Waals surface area contributed by atoms with Gasteiger partial charge in [-0.1, -0.05) is 30.3 Å². The van der Waals surface area contributed by atoms with Crippen molar-refractivity contribution in [2.24, 2.45) is 0 Å². The summed E-state index contributed by atoms with van der Waals surface area (Å²) in [4.78, 5) is 28.1. The monoisotopic (exact) mass is 430 g/mol. The van der Waals surface area contributed by atoms with Crippen molar-refractivity contribution < 1.29 is 19.2 Å². The zero-order chi connectivity index (χ0) is 21.3. The number of likely N-dealkylation sites (N-methyl/N-ethyl adjacent to an activating group) is 1. The second-order valence-electron chi connectivity index (χ2n) is 7.65. The Bertz CT molecular complexity index is 851. The fourth-order valence-corrected chi connectivity index (χ4v) is 5.15. The summed E-state index contributed by atoms with van der Waals surface area (Å²) in [6, 6.07) is 10.2. The summed E-state index contributed by atoms with van der Waals surface area (Å²) < 4.78 is 5.04. The van der Waals surface area contributed by atoms with Crippen molar-refractivity contribution in [1.82, 2.24) is 5.32 Å². The minimum absolute atomic E-state index is 0.0488. The van der Waals surface area contributed by atoms with Gasteiger partial charge in [-0.25, -0.2) is 0 Å². The predicted molar refractivity (Wildman–Crippen MR) is 120 cm³/mol.